The quantitative estimate of drug-likeness (QED) is 0.876. The molecule has 0 radical (unpaired) electrons. The minimum atomic E-state index is -0.466. The van der Waals surface area contributed by atoms with Crippen LogP contribution in [0.2, 0.25) is 5.02 Å². The summed E-state index contributed by atoms with van der Waals surface area (Å²) in [6, 6.07) is 12.0. The van der Waals surface area contributed by atoms with E-state index in [1.807, 2.05) is 29.6 Å². The van der Waals surface area contributed by atoms with Crippen LogP contribution in [0.25, 0.3) is 0 Å². The van der Waals surface area contributed by atoms with Gasteiger partial charge in [-0.05, 0) is 23.4 Å². The van der Waals surface area contributed by atoms with Gasteiger partial charge in [-0.2, -0.15) is 0 Å². The number of benzene rings is 1. The normalized spacial score (nSPS) is 14.7. The number of halogens is 1. The van der Waals surface area contributed by atoms with Crippen molar-refractivity contribution in [2.24, 2.45) is 5.73 Å². The van der Waals surface area contributed by atoms with E-state index in [9.17, 15) is 0 Å². The smallest absolute Gasteiger partial charge is 0.0771 e. The Morgan fingerprint density at radius 1 is 1.25 bits per heavy atom. The summed E-state index contributed by atoms with van der Waals surface area (Å²) in [5.41, 5.74) is 7.16. The molecule has 0 aliphatic rings. The molecule has 3 heteroatoms. The van der Waals surface area contributed by atoms with Crippen LogP contribution < -0.4 is 5.73 Å². The Kier molecular flexibility index (Phi) is 3.33. The molecule has 16 heavy (non-hydrogen) atoms. The molecule has 0 aliphatic heterocycles. The second-order valence-electron chi connectivity index (χ2n) is 3.79. The van der Waals surface area contributed by atoms with E-state index in [1.54, 1.807) is 11.3 Å². The van der Waals surface area contributed by atoms with Crippen molar-refractivity contribution >= 4 is 22.9 Å². The number of nitrogens with two attached hydrogens (primary N) is 1. The van der Waals surface area contributed by atoms with Gasteiger partial charge < -0.3 is 5.73 Å². The third-order valence-corrected chi connectivity index (χ3v) is 4.39. The lowest BCUT2D eigenvalue weighted by molar-refractivity contribution is 0.530. The van der Waals surface area contributed by atoms with Crippen LogP contribution in [-0.2, 0) is 5.54 Å². The summed E-state index contributed by atoms with van der Waals surface area (Å²) in [6.45, 7) is 2.09. The molecule has 1 heterocycles. The molecule has 0 bridgehead atoms. The molecule has 0 aliphatic carbocycles. The van der Waals surface area contributed by atoms with Crippen LogP contribution in [0.15, 0.2) is 41.8 Å². The highest BCUT2D eigenvalue weighted by molar-refractivity contribution is 7.10. The maximum absolute atomic E-state index is 6.51. The van der Waals surface area contributed by atoms with Crippen LogP contribution >= 0.6 is 22.9 Å². The van der Waals surface area contributed by atoms with Crippen molar-refractivity contribution in [3.8, 4) is 0 Å². The molecule has 84 valence electrons. The first-order valence-electron chi connectivity index (χ1n) is 5.26. The molecule has 0 amide bonds. The summed E-state index contributed by atoms with van der Waals surface area (Å²) in [5, 5.41) is 2.75. The highest BCUT2D eigenvalue weighted by Crippen LogP contribution is 2.38. The molecule has 0 spiro atoms. The highest BCUT2D eigenvalue weighted by atomic mass is 35.5. The third-order valence-electron chi connectivity index (χ3n) is 2.87. The zero-order chi connectivity index (χ0) is 11.6. The first-order valence-corrected chi connectivity index (χ1v) is 6.52. The summed E-state index contributed by atoms with van der Waals surface area (Å²) in [4.78, 5) is 1.04. The molecular formula is C13H14ClNS. The second kappa shape index (κ2) is 4.58. The number of hydrogen-bond donors (Lipinski definition) is 1. The van der Waals surface area contributed by atoms with Crippen molar-refractivity contribution in [3.05, 3.63) is 57.2 Å². The molecule has 1 aromatic carbocycles. The van der Waals surface area contributed by atoms with E-state index in [2.05, 4.69) is 19.1 Å². The second-order valence-corrected chi connectivity index (χ2v) is 5.11. The van der Waals surface area contributed by atoms with Crippen molar-refractivity contribution in [1.29, 1.82) is 0 Å². The van der Waals surface area contributed by atoms with Gasteiger partial charge in [-0.25, -0.2) is 0 Å². The van der Waals surface area contributed by atoms with Crippen LogP contribution in [0.4, 0.5) is 0 Å². The molecule has 1 unspecified atom stereocenters. The fourth-order valence-corrected chi connectivity index (χ4v) is 3.28. The van der Waals surface area contributed by atoms with Crippen molar-refractivity contribution in [1.82, 2.24) is 0 Å². The lowest BCUT2D eigenvalue weighted by Crippen LogP contribution is -2.36. The largest absolute Gasteiger partial charge is 0.317 e. The number of rotatable bonds is 3. The molecule has 2 rings (SSSR count). The van der Waals surface area contributed by atoms with Crippen molar-refractivity contribution in [2.75, 3.05) is 0 Å². The molecule has 2 aromatic rings. The van der Waals surface area contributed by atoms with Gasteiger partial charge in [0.2, 0.25) is 0 Å². The van der Waals surface area contributed by atoms with E-state index in [0.29, 0.717) is 0 Å². The Balaban J connectivity index is 2.53. The van der Waals surface area contributed by atoms with Crippen LogP contribution in [0.1, 0.15) is 23.8 Å². The summed E-state index contributed by atoms with van der Waals surface area (Å²) in [5.74, 6) is 0. The van der Waals surface area contributed by atoms with Crippen LogP contribution in [0.5, 0.6) is 0 Å². The van der Waals surface area contributed by atoms with Gasteiger partial charge in [0.1, 0.15) is 0 Å². The minimum absolute atomic E-state index is 0.466. The first kappa shape index (κ1) is 11.6. The zero-order valence-corrected chi connectivity index (χ0v) is 10.7. The van der Waals surface area contributed by atoms with Gasteiger partial charge >= 0.3 is 0 Å². The number of hydrogen-bond acceptors (Lipinski definition) is 2. The van der Waals surface area contributed by atoms with Crippen LogP contribution in [-0.4, -0.2) is 0 Å². The van der Waals surface area contributed by atoms with Gasteiger partial charge in [0, 0.05) is 4.88 Å². The number of thiophene rings is 1. The van der Waals surface area contributed by atoms with E-state index < -0.39 is 5.54 Å². The van der Waals surface area contributed by atoms with E-state index in [-0.39, 0.29) is 0 Å². The van der Waals surface area contributed by atoms with Crippen LogP contribution in [0, 0.1) is 0 Å². The van der Waals surface area contributed by atoms with E-state index in [1.165, 1.54) is 0 Å². The summed E-state index contributed by atoms with van der Waals surface area (Å²) >= 11 is 7.80. The van der Waals surface area contributed by atoms with Crippen molar-refractivity contribution < 1.29 is 0 Å². The third kappa shape index (κ3) is 1.88. The molecule has 0 saturated heterocycles. The van der Waals surface area contributed by atoms with E-state index >= 15 is 0 Å². The molecule has 0 fully saturated rings. The van der Waals surface area contributed by atoms with Crippen molar-refractivity contribution in [3.63, 3.8) is 0 Å². The highest BCUT2D eigenvalue weighted by Gasteiger charge is 2.30. The Hall–Kier alpha value is -0.830. The summed E-state index contributed by atoms with van der Waals surface area (Å²) in [7, 11) is 0. The van der Waals surface area contributed by atoms with E-state index in [4.69, 9.17) is 17.3 Å². The fourth-order valence-electron chi connectivity index (χ4n) is 1.84. The average molecular weight is 252 g/mol. The average Bonchev–Trinajstić information content (AvgIpc) is 2.76. The van der Waals surface area contributed by atoms with Gasteiger partial charge in [-0.15, -0.1) is 11.3 Å². The van der Waals surface area contributed by atoms with Gasteiger partial charge in [0.05, 0.1) is 10.6 Å². The molecule has 1 nitrogen and oxygen atoms in total. The molecular weight excluding hydrogens is 238 g/mol. The standard InChI is InChI=1S/C13H14ClNS/c1-2-13(15,10-6-4-3-5-7-10)12-11(14)8-9-16-12/h3-9H,2,15H2,1H3. The summed E-state index contributed by atoms with van der Waals surface area (Å²) < 4.78 is 0. The van der Waals surface area contributed by atoms with Gasteiger partial charge in [0.15, 0.2) is 0 Å². The zero-order valence-electron chi connectivity index (χ0n) is 9.11. The molecule has 1 atom stereocenters. The van der Waals surface area contributed by atoms with E-state index in [0.717, 1.165) is 21.9 Å². The maximum atomic E-state index is 6.51. The Morgan fingerprint density at radius 3 is 2.44 bits per heavy atom. The van der Waals surface area contributed by atoms with Crippen LogP contribution in [0.3, 0.4) is 0 Å². The first-order chi connectivity index (χ1) is 7.68. The predicted octanol–water partition coefficient (Wildman–Crippen LogP) is 4.01. The Morgan fingerprint density at radius 2 is 1.94 bits per heavy atom. The van der Waals surface area contributed by atoms with Gasteiger partial charge in [0.25, 0.3) is 0 Å². The lowest BCUT2D eigenvalue weighted by atomic mass is 9.87. The predicted molar refractivity (Wildman–Crippen MR) is 71.0 cm³/mol. The minimum Gasteiger partial charge on any atom is -0.317 e. The van der Waals surface area contributed by atoms with Gasteiger partial charge in [-0.3, -0.25) is 0 Å². The summed E-state index contributed by atoms with van der Waals surface area (Å²) in [6.07, 6.45) is 0.831. The molecule has 0 saturated carbocycles. The Bertz CT molecular complexity index is 466. The van der Waals surface area contributed by atoms with Gasteiger partial charge in [-0.1, -0.05) is 48.9 Å². The molecule has 1 aromatic heterocycles. The SMILES string of the molecule is CCC(N)(c1ccccc1)c1sccc1Cl. The monoisotopic (exact) mass is 251 g/mol. The molecule has 2 N–H and O–H groups in total. The fraction of sp³-hybridized carbons (Fsp3) is 0.231. The maximum Gasteiger partial charge on any atom is 0.0771 e. The topological polar surface area (TPSA) is 26.0 Å². The Labute approximate surface area is 105 Å². The lowest BCUT2D eigenvalue weighted by Gasteiger charge is -2.28. The van der Waals surface area contributed by atoms with Crippen molar-refractivity contribution in [2.45, 2.75) is 18.9 Å².